The van der Waals surface area contributed by atoms with Crippen LogP contribution < -0.4 is 16.4 Å². The molecule has 4 N–H and O–H groups in total. The summed E-state index contributed by atoms with van der Waals surface area (Å²) in [5.41, 5.74) is 6.98. The topological polar surface area (TPSA) is 84.2 Å². The number of hydrogen-bond donors (Lipinski definition) is 3. The van der Waals surface area contributed by atoms with Gasteiger partial charge < -0.3 is 16.4 Å². The van der Waals surface area contributed by atoms with Crippen LogP contribution in [0, 0.1) is 0 Å². The molecular formula is C13H19N3O2. The number of rotatable bonds is 6. The van der Waals surface area contributed by atoms with Crippen molar-refractivity contribution in [3.05, 3.63) is 35.9 Å². The van der Waals surface area contributed by atoms with Crippen molar-refractivity contribution < 1.29 is 9.59 Å². The summed E-state index contributed by atoms with van der Waals surface area (Å²) in [6, 6.07) is 9.48. The quantitative estimate of drug-likeness (QED) is 0.679. The summed E-state index contributed by atoms with van der Waals surface area (Å²) in [5.74, 6) is -0.374. The van der Waals surface area contributed by atoms with Crippen molar-refractivity contribution in [2.24, 2.45) is 5.73 Å². The second-order valence-electron chi connectivity index (χ2n) is 4.01. The number of hydrogen-bond acceptors (Lipinski definition) is 3. The van der Waals surface area contributed by atoms with Gasteiger partial charge in [0.15, 0.2) is 0 Å². The van der Waals surface area contributed by atoms with Gasteiger partial charge in [-0.2, -0.15) is 0 Å². The fourth-order valence-corrected chi connectivity index (χ4v) is 1.51. The summed E-state index contributed by atoms with van der Waals surface area (Å²) in [5, 5.41) is 4.97. The first kappa shape index (κ1) is 14.2. The second-order valence-corrected chi connectivity index (χ2v) is 4.01. The molecule has 1 atom stereocenters. The number of nitrogens with two attached hydrogens (primary N) is 1. The average Bonchev–Trinajstić information content (AvgIpc) is 2.42. The number of nitrogens with one attached hydrogen (secondary N) is 2. The van der Waals surface area contributed by atoms with Crippen molar-refractivity contribution in [3.63, 3.8) is 0 Å². The Morgan fingerprint density at radius 3 is 2.50 bits per heavy atom. The van der Waals surface area contributed by atoms with Gasteiger partial charge in [-0.3, -0.25) is 9.59 Å². The van der Waals surface area contributed by atoms with Crippen LogP contribution in [0.1, 0.15) is 24.4 Å². The van der Waals surface area contributed by atoms with Gasteiger partial charge in [0.2, 0.25) is 11.8 Å². The first-order chi connectivity index (χ1) is 8.63. The van der Waals surface area contributed by atoms with Crippen LogP contribution in [0.4, 0.5) is 0 Å². The van der Waals surface area contributed by atoms with Gasteiger partial charge in [0.1, 0.15) is 0 Å². The lowest BCUT2D eigenvalue weighted by molar-refractivity contribution is -0.125. The largest absolute Gasteiger partial charge is 0.358 e. The first-order valence-corrected chi connectivity index (χ1v) is 5.91. The molecule has 0 aliphatic rings. The Morgan fingerprint density at radius 2 is 1.89 bits per heavy atom. The normalized spacial score (nSPS) is 11.7. The molecule has 0 heterocycles. The number of carbonyl (C=O) groups is 2. The first-order valence-electron chi connectivity index (χ1n) is 5.91. The molecular weight excluding hydrogens is 230 g/mol. The Labute approximate surface area is 107 Å². The SMILES string of the molecule is CNC(=O)CNC(=O)CCC(N)c1ccccc1. The third kappa shape index (κ3) is 4.97. The van der Waals surface area contributed by atoms with Gasteiger partial charge in [-0.25, -0.2) is 0 Å². The van der Waals surface area contributed by atoms with Crippen LogP contribution in [0.25, 0.3) is 0 Å². The van der Waals surface area contributed by atoms with Gasteiger partial charge in [0.05, 0.1) is 6.54 Å². The highest BCUT2D eigenvalue weighted by Crippen LogP contribution is 2.14. The van der Waals surface area contributed by atoms with Crippen LogP contribution >= 0.6 is 0 Å². The molecule has 5 nitrogen and oxygen atoms in total. The lowest BCUT2D eigenvalue weighted by atomic mass is 10.0. The molecule has 0 saturated heterocycles. The van der Waals surface area contributed by atoms with E-state index in [0.717, 1.165) is 5.56 Å². The zero-order valence-electron chi connectivity index (χ0n) is 10.5. The predicted molar refractivity (Wildman–Crippen MR) is 69.7 cm³/mol. The fourth-order valence-electron chi connectivity index (χ4n) is 1.51. The van der Waals surface area contributed by atoms with Gasteiger partial charge in [-0.05, 0) is 12.0 Å². The molecule has 1 aromatic rings. The Kier molecular flexibility index (Phi) is 5.87. The third-order valence-electron chi connectivity index (χ3n) is 2.64. The molecule has 0 aromatic heterocycles. The highest BCUT2D eigenvalue weighted by atomic mass is 16.2. The third-order valence-corrected chi connectivity index (χ3v) is 2.64. The summed E-state index contributed by atoms with van der Waals surface area (Å²) in [6.07, 6.45) is 0.872. The minimum atomic E-state index is -0.212. The highest BCUT2D eigenvalue weighted by molar-refractivity contribution is 5.84. The minimum Gasteiger partial charge on any atom is -0.358 e. The van der Waals surface area contributed by atoms with Gasteiger partial charge >= 0.3 is 0 Å². The second kappa shape index (κ2) is 7.45. The summed E-state index contributed by atoms with van der Waals surface area (Å²) in [7, 11) is 1.53. The average molecular weight is 249 g/mol. The van der Waals surface area contributed by atoms with Gasteiger partial charge in [0, 0.05) is 19.5 Å². The van der Waals surface area contributed by atoms with Gasteiger partial charge in [-0.1, -0.05) is 30.3 Å². The van der Waals surface area contributed by atoms with E-state index in [2.05, 4.69) is 10.6 Å². The molecule has 0 aliphatic heterocycles. The van der Waals surface area contributed by atoms with E-state index >= 15 is 0 Å². The number of carbonyl (C=O) groups excluding carboxylic acids is 2. The van der Waals surface area contributed by atoms with Gasteiger partial charge in [-0.15, -0.1) is 0 Å². The molecule has 18 heavy (non-hydrogen) atoms. The molecule has 1 rings (SSSR count). The van der Waals surface area contributed by atoms with Crippen LogP contribution in [0.3, 0.4) is 0 Å². The monoisotopic (exact) mass is 249 g/mol. The molecule has 0 saturated carbocycles. The Morgan fingerprint density at radius 1 is 1.22 bits per heavy atom. The van der Waals surface area contributed by atoms with Crippen molar-refractivity contribution in [2.45, 2.75) is 18.9 Å². The van der Waals surface area contributed by atoms with Crippen LogP contribution in [-0.2, 0) is 9.59 Å². The van der Waals surface area contributed by atoms with E-state index in [1.807, 2.05) is 30.3 Å². The molecule has 0 bridgehead atoms. The van der Waals surface area contributed by atoms with E-state index in [9.17, 15) is 9.59 Å². The Bertz CT molecular complexity index is 392. The summed E-state index contributed by atoms with van der Waals surface area (Å²) in [6.45, 7) is 0.00983. The summed E-state index contributed by atoms with van der Waals surface area (Å²) < 4.78 is 0. The maximum atomic E-state index is 11.5. The minimum absolute atomic E-state index is 0.00983. The van der Waals surface area contributed by atoms with E-state index < -0.39 is 0 Å². The maximum Gasteiger partial charge on any atom is 0.239 e. The number of amides is 2. The zero-order chi connectivity index (χ0) is 13.4. The van der Waals surface area contributed by atoms with E-state index in [1.54, 1.807) is 0 Å². The van der Waals surface area contributed by atoms with Crippen LogP contribution in [-0.4, -0.2) is 25.4 Å². The lowest BCUT2D eigenvalue weighted by Gasteiger charge is -2.11. The van der Waals surface area contributed by atoms with Crippen LogP contribution in [0.15, 0.2) is 30.3 Å². The van der Waals surface area contributed by atoms with Crippen LogP contribution in [0.2, 0.25) is 0 Å². The molecule has 0 aliphatic carbocycles. The summed E-state index contributed by atoms with van der Waals surface area (Å²) >= 11 is 0. The van der Waals surface area contributed by atoms with Crippen molar-refractivity contribution in [1.29, 1.82) is 0 Å². The van der Waals surface area contributed by atoms with Crippen LogP contribution in [0.5, 0.6) is 0 Å². The van der Waals surface area contributed by atoms with E-state index in [4.69, 9.17) is 5.73 Å². The molecule has 0 radical (unpaired) electrons. The molecule has 5 heteroatoms. The van der Waals surface area contributed by atoms with Crippen molar-refractivity contribution >= 4 is 11.8 Å². The Balaban J connectivity index is 2.28. The predicted octanol–water partition coefficient (Wildman–Crippen LogP) is 0.329. The molecule has 1 unspecified atom stereocenters. The molecule has 0 fully saturated rings. The lowest BCUT2D eigenvalue weighted by Crippen LogP contribution is -2.35. The van der Waals surface area contributed by atoms with Crippen molar-refractivity contribution in [1.82, 2.24) is 10.6 Å². The van der Waals surface area contributed by atoms with E-state index in [0.29, 0.717) is 12.8 Å². The molecule has 1 aromatic carbocycles. The van der Waals surface area contributed by atoms with E-state index in [1.165, 1.54) is 7.05 Å². The standard InChI is InChI=1S/C13H19N3O2/c1-15-13(18)9-16-12(17)8-7-11(14)10-5-3-2-4-6-10/h2-6,11H,7-9,14H2,1H3,(H,15,18)(H,16,17). The maximum absolute atomic E-state index is 11.5. The molecule has 98 valence electrons. The van der Waals surface area contributed by atoms with Crippen molar-refractivity contribution in [2.75, 3.05) is 13.6 Å². The fraction of sp³-hybridized carbons (Fsp3) is 0.385. The van der Waals surface area contributed by atoms with E-state index in [-0.39, 0.29) is 24.4 Å². The number of benzene rings is 1. The summed E-state index contributed by atoms with van der Waals surface area (Å²) in [4.78, 5) is 22.4. The molecule has 2 amide bonds. The van der Waals surface area contributed by atoms with Gasteiger partial charge in [0.25, 0.3) is 0 Å². The molecule has 0 spiro atoms. The van der Waals surface area contributed by atoms with Crippen molar-refractivity contribution in [3.8, 4) is 0 Å². The Hall–Kier alpha value is -1.88. The smallest absolute Gasteiger partial charge is 0.239 e. The number of likely N-dealkylation sites (N-methyl/N-ethyl adjacent to an activating group) is 1. The zero-order valence-corrected chi connectivity index (χ0v) is 10.5. The highest BCUT2D eigenvalue weighted by Gasteiger charge is 2.09.